The maximum absolute atomic E-state index is 12.1. The largest absolute Gasteiger partial charge is 0.467 e. The van der Waals surface area contributed by atoms with E-state index in [-0.39, 0.29) is 24.1 Å². The first-order valence-corrected chi connectivity index (χ1v) is 9.64. The van der Waals surface area contributed by atoms with Gasteiger partial charge in [-0.15, -0.1) is 10.2 Å². The van der Waals surface area contributed by atoms with E-state index in [0.717, 1.165) is 11.3 Å². The predicted molar refractivity (Wildman–Crippen MR) is 106 cm³/mol. The zero-order chi connectivity index (χ0) is 19.9. The van der Waals surface area contributed by atoms with Gasteiger partial charge in [0.15, 0.2) is 11.0 Å². The summed E-state index contributed by atoms with van der Waals surface area (Å²) in [5.41, 5.74) is 0.925. The van der Waals surface area contributed by atoms with Crippen molar-refractivity contribution in [2.75, 3.05) is 26.4 Å². The second-order valence-corrected chi connectivity index (χ2v) is 7.13. The number of rotatable bonds is 8. The molecule has 0 radical (unpaired) electrons. The summed E-state index contributed by atoms with van der Waals surface area (Å²) in [4.78, 5) is 25.1. The molecule has 9 heteroatoms. The molecule has 0 aliphatic rings. The van der Waals surface area contributed by atoms with Crippen molar-refractivity contribution in [1.29, 1.82) is 0 Å². The molecular weight excluding hydrogens is 378 g/mol. The van der Waals surface area contributed by atoms with Gasteiger partial charge in [0.2, 0.25) is 11.8 Å². The van der Waals surface area contributed by atoms with Crippen molar-refractivity contribution in [2.45, 2.75) is 11.7 Å². The topological polar surface area (TPSA) is 93.3 Å². The molecular formula is C19H21N5O3S. The minimum absolute atomic E-state index is 0.0270. The van der Waals surface area contributed by atoms with Crippen LogP contribution in [0, 0.1) is 0 Å². The molecule has 0 saturated carbocycles. The van der Waals surface area contributed by atoms with Gasteiger partial charge in [0.1, 0.15) is 5.76 Å². The second-order valence-electron chi connectivity index (χ2n) is 6.19. The molecule has 3 rings (SSSR count). The average Bonchev–Trinajstić information content (AvgIpc) is 3.35. The van der Waals surface area contributed by atoms with Crippen molar-refractivity contribution >= 4 is 23.6 Å². The number of carbonyl (C=O) groups excluding carboxylic acids is 2. The Morgan fingerprint density at radius 2 is 1.93 bits per heavy atom. The van der Waals surface area contributed by atoms with Gasteiger partial charge in [-0.1, -0.05) is 42.1 Å². The number of hydrogen-bond donors (Lipinski definition) is 1. The van der Waals surface area contributed by atoms with Crippen molar-refractivity contribution in [3.63, 3.8) is 0 Å². The summed E-state index contributed by atoms with van der Waals surface area (Å²) >= 11 is 1.26. The number of nitrogens with zero attached hydrogens (tertiary/aromatic N) is 4. The van der Waals surface area contributed by atoms with Crippen LogP contribution in [0.5, 0.6) is 0 Å². The Labute approximate surface area is 166 Å². The molecule has 0 saturated heterocycles. The van der Waals surface area contributed by atoms with Crippen molar-refractivity contribution in [1.82, 2.24) is 25.0 Å². The lowest BCUT2D eigenvalue weighted by atomic mass is 10.2. The second kappa shape index (κ2) is 9.23. The lowest BCUT2D eigenvalue weighted by molar-refractivity contribution is -0.130. The predicted octanol–water partition coefficient (Wildman–Crippen LogP) is 1.88. The van der Waals surface area contributed by atoms with Crippen LogP contribution in [0.2, 0.25) is 0 Å². The number of likely N-dealkylation sites (N-methyl/N-ethyl adjacent to an activating group) is 1. The van der Waals surface area contributed by atoms with E-state index < -0.39 is 0 Å². The van der Waals surface area contributed by atoms with Gasteiger partial charge < -0.3 is 14.6 Å². The number of benzene rings is 1. The maximum atomic E-state index is 12.1. The normalized spacial score (nSPS) is 10.6. The Balaban J connectivity index is 1.72. The SMILES string of the molecule is CN(C)C(=O)CNC(=O)CSc1nnc(-c2ccccc2)n1Cc1ccco1. The summed E-state index contributed by atoms with van der Waals surface area (Å²) < 4.78 is 7.37. The number of amides is 2. The first-order valence-electron chi connectivity index (χ1n) is 8.65. The van der Waals surface area contributed by atoms with Crippen molar-refractivity contribution in [3.05, 3.63) is 54.5 Å². The van der Waals surface area contributed by atoms with Gasteiger partial charge in [-0.25, -0.2) is 0 Å². The minimum Gasteiger partial charge on any atom is -0.467 e. The number of hydrogen-bond acceptors (Lipinski definition) is 6. The Morgan fingerprint density at radius 1 is 1.14 bits per heavy atom. The number of nitrogens with one attached hydrogen (secondary N) is 1. The molecule has 2 amide bonds. The van der Waals surface area contributed by atoms with Crippen LogP contribution < -0.4 is 5.32 Å². The molecule has 8 nitrogen and oxygen atoms in total. The third-order valence-corrected chi connectivity index (χ3v) is 4.88. The Kier molecular flexibility index (Phi) is 6.49. The molecule has 0 aliphatic heterocycles. The van der Waals surface area contributed by atoms with Crippen LogP contribution >= 0.6 is 11.8 Å². The van der Waals surface area contributed by atoms with E-state index in [1.807, 2.05) is 47.0 Å². The van der Waals surface area contributed by atoms with Gasteiger partial charge >= 0.3 is 0 Å². The van der Waals surface area contributed by atoms with Crippen LogP contribution in [-0.2, 0) is 16.1 Å². The van der Waals surface area contributed by atoms with Crippen LogP contribution in [-0.4, -0.2) is 57.9 Å². The summed E-state index contributed by atoms with van der Waals surface area (Å²) in [6, 6.07) is 13.4. The van der Waals surface area contributed by atoms with Crippen LogP contribution in [0.1, 0.15) is 5.76 Å². The fourth-order valence-corrected chi connectivity index (χ4v) is 3.18. The lowest BCUT2D eigenvalue weighted by Crippen LogP contribution is -2.37. The third-order valence-electron chi connectivity index (χ3n) is 3.91. The molecule has 146 valence electrons. The Hall–Kier alpha value is -3.07. The van der Waals surface area contributed by atoms with E-state index in [2.05, 4.69) is 15.5 Å². The molecule has 1 aromatic carbocycles. The molecule has 2 heterocycles. The number of carbonyl (C=O) groups is 2. The smallest absolute Gasteiger partial charge is 0.241 e. The van der Waals surface area contributed by atoms with Crippen LogP contribution in [0.25, 0.3) is 11.4 Å². The number of thioether (sulfide) groups is 1. The van der Waals surface area contributed by atoms with E-state index in [9.17, 15) is 9.59 Å². The van der Waals surface area contributed by atoms with Gasteiger partial charge in [-0.2, -0.15) is 0 Å². The zero-order valence-corrected chi connectivity index (χ0v) is 16.5. The van der Waals surface area contributed by atoms with Gasteiger partial charge in [-0.05, 0) is 12.1 Å². The number of furan rings is 1. The fraction of sp³-hybridized carbons (Fsp3) is 0.263. The van der Waals surface area contributed by atoms with Crippen LogP contribution in [0.15, 0.2) is 58.3 Å². The molecule has 0 bridgehead atoms. The maximum Gasteiger partial charge on any atom is 0.241 e. The van der Waals surface area contributed by atoms with E-state index in [1.165, 1.54) is 16.7 Å². The standard InChI is InChI=1S/C19H21N5O3S/c1-23(2)17(26)11-20-16(25)13-28-19-22-21-18(14-7-4-3-5-8-14)24(19)12-15-9-6-10-27-15/h3-10H,11-13H2,1-2H3,(H,20,25). The molecule has 1 N–H and O–H groups in total. The average molecular weight is 399 g/mol. The van der Waals surface area contributed by atoms with Gasteiger partial charge in [-0.3, -0.25) is 14.2 Å². The van der Waals surface area contributed by atoms with Gasteiger partial charge in [0.05, 0.1) is 25.1 Å². The molecule has 0 spiro atoms. The fourth-order valence-electron chi connectivity index (χ4n) is 2.41. The van der Waals surface area contributed by atoms with Crippen molar-refractivity contribution < 1.29 is 14.0 Å². The summed E-state index contributed by atoms with van der Waals surface area (Å²) in [5, 5.41) is 11.8. The van der Waals surface area contributed by atoms with Crippen LogP contribution in [0.3, 0.4) is 0 Å². The highest BCUT2D eigenvalue weighted by Gasteiger charge is 2.17. The molecule has 0 aliphatic carbocycles. The van der Waals surface area contributed by atoms with Gasteiger partial charge in [0, 0.05) is 19.7 Å². The van der Waals surface area contributed by atoms with Gasteiger partial charge in [0.25, 0.3) is 0 Å². The quantitative estimate of drug-likeness (QED) is 0.582. The third kappa shape index (κ3) is 5.01. The molecule has 2 aromatic heterocycles. The molecule has 3 aromatic rings. The minimum atomic E-state index is -0.242. The van der Waals surface area contributed by atoms with Crippen molar-refractivity contribution in [3.8, 4) is 11.4 Å². The van der Waals surface area contributed by atoms with E-state index in [4.69, 9.17) is 4.42 Å². The van der Waals surface area contributed by atoms with E-state index in [1.54, 1.807) is 20.4 Å². The first-order chi connectivity index (χ1) is 13.5. The molecule has 28 heavy (non-hydrogen) atoms. The van der Waals surface area contributed by atoms with E-state index >= 15 is 0 Å². The Bertz CT molecular complexity index is 922. The Morgan fingerprint density at radius 3 is 2.61 bits per heavy atom. The highest BCUT2D eigenvalue weighted by Crippen LogP contribution is 2.25. The highest BCUT2D eigenvalue weighted by molar-refractivity contribution is 7.99. The summed E-state index contributed by atoms with van der Waals surface area (Å²) in [5.74, 6) is 1.19. The molecule has 0 unspecified atom stereocenters. The lowest BCUT2D eigenvalue weighted by Gasteiger charge is -2.11. The zero-order valence-electron chi connectivity index (χ0n) is 15.7. The summed E-state index contributed by atoms with van der Waals surface area (Å²) in [6.07, 6.45) is 1.61. The highest BCUT2D eigenvalue weighted by atomic mass is 32.2. The van der Waals surface area contributed by atoms with Crippen LogP contribution in [0.4, 0.5) is 0 Å². The van der Waals surface area contributed by atoms with E-state index in [0.29, 0.717) is 17.5 Å². The van der Waals surface area contributed by atoms with Crippen molar-refractivity contribution in [2.24, 2.45) is 0 Å². The molecule has 0 fully saturated rings. The first kappa shape index (κ1) is 19.7. The monoisotopic (exact) mass is 399 g/mol. The molecule has 0 atom stereocenters. The summed E-state index contributed by atoms with van der Waals surface area (Å²) in [7, 11) is 3.29. The summed E-state index contributed by atoms with van der Waals surface area (Å²) in [6.45, 7) is 0.425. The number of aromatic nitrogens is 3.